The van der Waals surface area contributed by atoms with E-state index in [0.717, 1.165) is 10.6 Å². The molecule has 2 rings (SSSR count). The summed E-state index contributed by atoms with van der Waals surface area (Å²) in [5, 5.41) is 9.75. The zero-order valence-corrected chi connectivity index (χ0v) is 12.7. The maximum Gasteiger partial charge on any atom is 0.303 e. The summed E-state index contributed by atoms with van der Waals surface area (Å²) in [5.74, 6) is -4.51. The van der Waals surface area contributed by atoms with E-state index in [1.165, 1.54) is 0 Å². The number of nitrogens with zero attached hydrogens (tertiary/aromatic N) is 1. The average Bonchev–Trinajstić information content (AvgIpc) is 2.55. The number of rotatable bonds is 8. The van der Waals surface area contributed by atoms with Gasteiger partial charge in [0.1, 0.15) is 5.69 Å². The smallest absolute Gasteiger partial charge is 0.303 e. The van der Waals surface area contributed by atoms with Gasteiger partial charge in [0, 0.05) is 25.1 Å². The van der Waals surface area contributed by atoms with Crippen molar-refractivity contribution in [2.45, 2.75) is 19.4 Å². The van der Waals surface area contributed by atoms with Crippen LogP contribution in [0.1, 0.15) is 18.4 Å². The molecule has 4 nitrogen and oxygen atoms in total. The van der Waals surface area contributed by atoms with Gasteiger partial charge in [-0.3, -0.25) is 14.7 Å². The second-order valence-electron chi connectivity index (χ2n) is 5.08. The van der Waals surface area contributed by atoms with Crippen LogP contribution >= 0.6 is 0 Å². The van der Waals surface area contributed by atoms with Crippen LogP contribution < -0.4 is 5.06 Å². The summed E-state index contributed by atoms with van der Waals surface area (Å²) >= 11 is 0. The third-order valence-electron chi connectivity index (χ3n) is 3.24. The molecule has 1 N–H and O–H groups in total. The predicted octanol–water partition coefficient (Wildman–Crippen LogP) is 3.91. The van der Waals surface area contributed by atoms with Crippen LogP contribution in [0.2, 0.25) is 0 Å². The molecule has 0 unspecified atom stereocenters. The Morgan fingerprint density at radius 1 is 1.04 bits per heavy atom. The van der Waals surface area contributed by atoms with Gasteiger partial charge in [0.25, 0.3) is 0 Å². The summed E-state index contributed by atoms with van der Waals surface area (Å²) in [6.45, 7) is 0.0907. The molecule has 0 radical (unpaired) electrons. The van der Waals surface area contributed by atoms with Gasteiger partial charge in [0.05, 0.1) is 6.61 Å². The van der Waals surface area contributed by atoms with E-state index in [1.54, 1.807) is 24.3 Å². The van der Waals surface area contributed by atoms with Gasteiger partial charge in [-0.1, -0.05) is 30.3 Å². The summed E-state index contributed by atoms with van der Waals surface area (Å²) in [5.41, 5.74) is 0.513. The Balaban J connectivity index is 2.15. The number of anilines is 1. The van der Waals surface area contributed by atoms with Crippen LogP contribution in [0.4, 0.5) is 18.9 Å². The first-order valence-corrected chi connectivity index (χ1v) is 7.28. The molecule has 128 valence electrons. The van der Waals surface area contributed by atoms with E-state index in [0.29, 0.717) is 12.1 Å². The Bertz CT molecular complexity index is 695. The third-order valence-corrected chi connectivity index (χ3v) is 3.24. The number of halogens is 3. The van der Waals surface area contributed by atoms with Crippen molar-refractivity contribution in [2.75, 3.05) is 11.6 Å². The third kappa shape index (κ3) is 4.99. The second kappa shape index (κ2) is 8.35. The fourth-order valence-corrected chi connectivity index (χ4v) is 2.06. The van der Waals surface area contributed by atoms with E-state index in [9.17, 15) is 18.0 Å². The summed E-state index contributed by atoms with van der Waals surface area (Å²) in [6.07, 6.45) is -0.000941. The quantitative estimate of drug-likeness (QED) is 0.585. The Hall–Kier alpha value is -2.54. The zero-order valence-electron chi connectivity index (χ0n) is 12.7. The minimum Gasteiger partial charge on any atom is -0.481 e. The lowest BCUT2D eigenvalue weighted by Gasteiger charge is -2.24. The largest absolute Gasteiger partial charge is 0.481 e. The maximum atomic E-state index is 13.9. The van der Waals surface area contributed by atoms with Crippen LogP contribution in [-0.4, -0.2) is 17.6 Å². The Kier molecular flexibility index (Phi) is 6.20. The maximum absolute atomic E-state index is 13.9. The van der Waals surface area contributed by atoms with E-state index in [1.807, 2.05) is 6.07 Å². The van der Waals surface area contributed by atoms with Crippen LogP contribution in [-0.2, 0) is 16.2 Å². The summed E-state index contributed by atoms with van der Waals surface area (Å²) in [7, 11) is 0. The predicted molar refractivity (Wildman–Crippen MR) is 81.8 cm³/mol. The highest BCUT2D eigenvalue weighted by Crippen LogP contribution is 2.24. The summed E-state index contributed by atoms with van der Waals surface area (Å²) in [6, 6.07) is 10.1. The SMILES string of the molecule is O=C(O)CCCN(OCc1ccccc1)c1cc(F)c(F)cc1F. The number of benzene rings is 2. The van der Waals surface area contributed by atoms with Crippen LogP contribution in [0.3, 0.4) is 0 Å². The van der Waals surface area contributed by atoms with Crippen molar-refractivity contribution < 1.29 is 27.9 Å². The lowest BCUT2D eigenvalue weighted by atomic mass is 10.2. The number of carboxylic acids is 1. The Labute approximate surface area is 137 Å². The number of hydrogen-bond donors (Lipinski definition) is 1. The normalized spacial score (nSPS) is 10.6. The second-order valence-corrected chi connectivity index (χ2v) is 5.08. The van der Waals surface area contributed by atoms with E-state index in [2.05, 4.69) is 0 Å². The van der Waals surface area contributed by atoms with Crippen molar-refractivity contribution >= 4 is 11.7 Å². The molecule has 0 saturated heterocycles. The van der Waals surface area contributed by atoms with Gasteiger partial charge in [-0.05, 0) is 12.0 Å². The van der Waals surface area contributed by atoms with Crippen LogP contribution in [0.25, 0.3) is 0 Å². The molecule has 7 heteroatoms. The number of hydroxylamine groups is 1. The van der Waals surface area contributed by atoms with Crippen molar-refractivity contribution in [3.63, 3.8) is 0 Å². The average molecular weight is 339 g/mol. The standard InChI is InChI=1S/C17H16F3NO3/c18-13-9-15(20)16(10-14(13)19)21(8-4-7-17(22)23)24-11-12-5-2-1-3-6-12/h1-3,5-6,9-10H,4,7-8,11H2,(H,22,23). The summed E-state index contributed by atoms with van der Waals surface area (Å²) in [4.78, 5) is 16.1. The first-order valence-electron chi connectivity index (χ1n) is 7.28. The van der Waals surface area contributed by atoms with E-state index >= 15 is 0 Å². The van der Waals surface area contributed by atoms with Gasteiger partial charge < -0.3 is 5.11 Å². The van der Waals surface area contributed by atoms with E-state index in [-0.39, 0.29) is 31.7 Å². The minimum absolute atomic E-state index is 0.0150. The fourth-order valence-electron chi connectivity index (χ4n) is 2.06. The molecule has 0 atom stereocenters. The molecule has 0 aliphatic carbocycles. The van der Waals surface area contributed by atoms with Crippen molar-refractivity contribution in [3.05, 3.63) is 65.5 Å². The highest BCUT2D eigenvalue weighted by Gasteiger charge is 2.17. The number of carboxylic acid groups (broad SMARTS) is 1. The number of carbonyl (C=O) groups is 1. The van der Waals surface area contributed by atoms with Crippen molar-refractivity contribution in [1.29, 1.82) is 0 Å². The molecule has 0 amide bonds. The molecule has 0 aliphatic heterocycles. The van der Waals surface area contributed by atoms with Crippen LogP contribution in [0.15, 0.2) is 42.5 Å². The summed E-state index contributed by atoms with van der Waals surface area (Å²) < 4.78 is 40.4. The van der Waals surface area contributed by atoms with Gasteiger partial charge >= 0.3 is 5.97 Å². The molecule has 0 fully saturated rings. The molecule has 2 aromatic carbocycles. The monoisotopic (exact) mass is 339 g/mol. The minimum atomic E-state index is -1.30. The number of hydrogen-bond acceptors (Lipinski definition) is 3. The molecule has 0 aliphatic rings. The zero-order chi connectivity index (χ0) is 17.5. The molecular weight excluding hydrogens is 323 g/mol. The molecule has 0 bridgehead atoms. The highest BCUT2D eigenvalue weighted by atomic mass is 19.2. The topological polar surface area (TPSA) is 49.8 Å². The van der Waals surface area contributed by atoms with Crippen molar-refractivity contribution in [2.24, 2.45) is 0 Å². The molecule has 0 aromatic heterocycles. The van der Waals surface area contributed by atoms with E-state index in [4.69, 9.17) is 9.94 Å². The van der Waals surface area contributed by atoms with Crippen LogP contribution in [0.5, 0.6) is 0 Å². The molecule has 0 spiro atoms. The molecule has 0 saturated carbocycles. The van der Waals surface area contributed by atoms with Gasteiger partial charge in [-0.2, -0.15) is 0 Å². The first kappa shape index (κ1) is 17.8. The van der Waals surface area contributed by atoms with E-state index < -0.39 is 23.4 Å². The Morgan fingerprint density at radius 2 is 1.71 bits per heavy atom. The van der Waals surface area contributed by atoms with Crippen LogP contribution in [0, 0.1) is 17.5 Å². The lowest BCUT2D eigenvalue weighted by molar-refractivity contribution is -0.137. The van der Waals surface area contributed by atoms with Crippen molar-refractivity contribution in [1.82, 2.24) is 0 Å². The van der Waals surface area contributed by atoms with Gasteiger partial charge in [0.15, 0.2) is 17.5 Å². The number of aliphatic carboxylic acids is 1. The lowest BCUT2D eigenvalue weighted by Crippen LogP contribution is -2.26. The van der Waals surface area contributed by atoms with Gasteiger partial charge in [-0.15, -0.1) is 0 Å². The van der Waals surface area contributed by atoms with Gasteiger partial charge in [-0.25, -0.2) is 13.2 Å². The molecule has 0 heterocycles. The molecule has 2 aromatic rings. The molecular formula is C17H16F3NO3. The Morgan fingerprint density at radius 3 is 2.38 bits per heavy atom. The fraction of sp³-hybridized carbons (Fsp3) is 0.235. The first-order chi connectivity index (χ1) is 11.5. The highest BCUT2D eigenvalue weighted by molar-refractivity contribution is 5.66. The van der Waals surface area contributed by atoms with Gasteiger partial charge in [0.2, 0.25) is 0 Å². The molecule has 24 heavy (non-hydrogen) atoms. The van der Waals surface area contributed by atoms with Crippen molar-refractivity contribution in [3.8, 4) is 0 Å².